The van der Waals surface area contributed by atoms with Gasteiger partial charge >= 0.3 is 6.03 Å². The first-order valence-corrected chi connectivity index (χ1v) is 7.88. The number of urea groups is 1. The molecule has 0 aliphatic rings. The molecule has 7 nitrogen and oxygen atoms in total. The van der Waals surface area contributed by atoms with E-state index in [4.69, 9.17) is 0 Å². The molecule has 25 heavy (non-hydrogen) atoms. The van der Waals surface area contributed by atoms with Gasteiger partial charge < -0.3 is 15.2 Å². The van der Waals surface area contributed by atoms with Gasteiger partial charge in [-0.3, -0.25) is 4.79 Å². The van der Waals surface area contributed by atoms with Gasteiger partial charge in [-0.1, -0.05) is 12.1 Å². The molecule has 0 radical (unpaired) electrons. The van der Waals surface area contributed by atoms with Crippen molar-refractivity contribution >= 4 is 11.7 Å². The summed E-state index contributed by atoms with van der Waals surface area (Å²) in [6, 6.07) is 12.2. The summed E-state index contributed by atoms with van der Waals surface area (Å²) in [5.41, 5.74) is 1.88. The maximum absolute atomic E-state index is 12.1. The highest BCUT2D eigenvalue weighted by Crippen LogP contribution is 2.15. The van der Waals surface area contributed by atoms with Crippen LogP contribution in [0.25, 0.3) is 5.69 Å². The zero-order valence-electron chi connectivity index (χ0n) is 14.0. The molecule has 128 valence electrons. The largest absolute Gasteiger partial charge is 0.331 e. The van der Waals surface area contributed by atoms with Crippen molar-refractivity contribution in [2.24, 2.45) is 7.05 Å². The minimum absolute atomic E-state index is 0.209. The van der Waals surface area contributed by atoms with Crippen molar-refractivity contribution < 1.29 is 4.79 Å². The number of rotatable bonds is 4. The minimum Gasteiger partial charge on any atom is -0.331 e. The summed E-state index contributed by atoms with van der Waals surface area (Å²) in [5, 5.41) is 9.59. The number of benzene rings is 1. The van der Waals surface area contributed by atoms with E-state index in [1.54, 1.807) is 36.3 Å². The maximum atomic E-state index is 12.1. The monoisotopic (exact) mass is 337 g/mol. The van der Waals surface area contributed by atoms with E-state index in [0.29, 0.717) is 0 Å². The van der Waals surface area contributed by atoms with Gasteiger partial charge in [0.15, 0.2) is 0 Å². The Morgan fingerprint density at radius 3 is 2.56 bits per heavy atom. The topological polar surface area (TPSA) is 81.0 Å². The number of hydrogen-bond acceptors (Lipinski definition) is 3. The maximum Gasteiger partial charge on any atom is 0.319 e. The summed E-state index contributed by atoms with van der Waals surface area (Å²) < 4.78 is 3.17. The molecular formula is C18H19N5O2. The molecule has 2 aromatic heterocycles. The van der Waals surface area contributed by atoms with E-state index in [-0.39, 0.29) is 17.3 Å². The van der Waals surface area contributed by atoms with Gasteiger partial charge in [0.2, 0.25) is 0 Å². The van der Waals surface area contributed by atoms with E-state index in [1.165, 1.54) is 4.57 Å². The summed E-state index contributed by atoms with van der Waals surface area (Å²) in [6.45, 7) is 1.88. The average molecular weight is 337 g/mol. The molecule has 0 bridgehead atoms. The Labute approximate surface area is 144 Å². The quantitative estimate of drug-likeness (QED) is 0.767. The van der Waals surface area contributed by atoms with Crippen molar-refractivity contribution in [1.29, 1.82) is 0 Å². The molecule has 0 unspecified atom stereocenters. The molecule has 1 atom stereocenters. The highest BCUT2D eigenvalue weighted by atomic mass is 16.2. The molecule has 0 saturated heterocycles. The van der Waals surface area contributed by atoms with E-state index in [1.807, 2.05) is 43.5 Å². The highest BCUT2D eigenvalue weighted by molar-refractivity contribution is 5.89. The third-order valence-corrected chi connectivity index (χ3v) is 3.88. The Morgan fingerprint density at radius 2 is 1.88 bits per heavy atom. The van der Waals surface area contributed by atoms with E-state index in [9.17, 15) is 9.59 Å². The number of amides is 2. The van der Waals surface area contributed by atoms with Gasteiger partial charge in [-0.2, -0.15) is 5.10 Å². The minimum atomic E-state index is -0.424. The smallest absolute Gasteiger partial charge is 0.319 e. The van der Waals surface area contributed by atoms with Crippen LogP contribution in [0.15, 0.2) is 65.8 Å². The van der Waals surface area contributed by atoms with Crippen molar-refractivity contribution in [3.8, 4) is 5.69 Å². The molecule has 0 aliphatic carbocycles. The summed E-state index contributed by atoms with van der Waals surface area (Å²) in [6.07, 6.45) is 5.22. The Bertz CT molecular complexity index is 913. The average Bonchev–Trinajstić information content (AvgIpc) is 3.13. The third kappa shape index (κ3) is 3.77. The van der Waals surface area contributed by atoms with Crippen LogP contribution in [0, 0.1) is 0 Å². The predicted molar refractivity (Wildman–Crippen MR) is 95.8 cm³/mol. The highest BCUT2D eigenvalue weighted by Gasteiger charge is 2.11. The van der Waals surface area contributed by atoms with Crippen LogP contribution in [0.1, 0.15) is 18.5 Å². The molecular weight excluding hydrogens is 318 g/mol. The lowest BCUT2D eigenvalue weighted by atomic mass is 10.1. The molecule has 3 aromatic rings. The van der Waals surface area contributed by atoms with Crippen LogP contribution in [0.2, 0.25) is 0 Å². The lowest BCUT2D eigenvalue weighted by Gasteiger charge is -2.15. The summed E-state index contributed by atoms with van der Waals surface area (Å²) in [5.74, 6) is 0. The van der Waals surface area contributed by atoms with Gasteiger partial charge in [-0.05, 0) is 42.8 Å². The van der Waals surface area contributed by atoms with Crippen LogP contribution in [0.4, 0.5) is 10.5 Å². The first-order valence-electron chi connectivity index (χ1n) is 7.88. The second-order valence-electron chi connectivity index (χ2n) is 5.70. The zero-order chi connectivity index (χ0) is 17.8. The number of pyridine rings is 1. The van der Waals surface area contributed by atoms with Gasteiger partial charge in [0, 0.05) is 25.6 Å². The van der Waals surface area contributed by atoms with Gasteiger partial charge in [0.1, 0.15) is 5.69 Å². The van der Waals surface area contributed by atoms with Crippen LogP contribution in [-0.4, -0.2) is 20.4 Å². The Balaban J connectivity index is 1.65. The fourth-order valence-corrected chi connectivity index (χ4v) is 2.47. The SMILES string of the molecule is C[C@@H](NC(=O)Nc1cccn(C)c1=O)c1ccc(-n2cccn2)cc1. The van der Waals surface area contributed by atoms with Crippen LogP contribution in [0.5, 0.6) is 0 Å². The van der Waals surface area contributed by atoms with Gasteiger partial charge in [0.25, 0.3) is 5.56 Å². The summed E-state index contributed by atoms with van der Waals surface area (Å²) in [7, 11) is 1.63. The molecule has 2 amide bonds. The predicted octanol–water partition coefficient (Wildman–Crippen LogP) is 2.45. The number of carbonyl (C=O) groups excluding carboxylic acids is 1. The van der Waals surface area contributed by atoms with Crippen LogP contribution >= 0.6 is 0 Å². The van der Waals surface area contributed by atoms with Gasteiger partial charge in [0.05, 0.1) is 11.7 Å². The summed E-state index contributed by atoms with van der Waals surface area (Å²) >= 11 is 0. The van der Waals surface area contributed by atoms with Crippen molar-refractivity contribution in [1.82, 2.24) is 19.7 Å². The van der Waals surface area contributed by atoms with Gasteiger partial charge in [-0.25, -0.2) is 9.48 Å². The lowest BCUT2D eigenvalue weighted by molar-refractivity contribution is 0.249. The normalized spacial score (nSPS) is 11.8. The number of aryl methyl sites for hydroxylation is 1. The number of carbonyl (C=O) groups is 1. The molecule has 2 heterocycles. The molecule has 1 aromatic carbocycles. The van der Waals surface area contributed by atoms with Crippen LogP contribution < -0.4 is 16.2 Å². The Hall–Kier alpha value is -3.35. The number of nitrogens with one attached hydrogen (secondary N) is 2. The fourth-order valence-electron chi connectivity index (χ4n) is 2.47. The van der Waals surface area contributed by atoms with Crippen LogP contribution in [-0.2, 0) is 7.05 Å². The zero-order valence-corrected chi connectivity index (χ0v) is 14.0. The van der Waals surface area contributed by atoms with Crippen molar-refractivity contribution in [2.75, 3.05) is 5.32 Å². The molecule has 7 heteroatoms. The first kappa shape index (κ1) is 16.5. The molecule has 0 aliphatic heterocycles. The van der Waals surface area contributed by atoms with E-state index < -0.39 is 6.03 Å². The van der Waals surface area contributed by atoms with Crippen LogP contribution in [0.3, 0.4) is 0 Å². The third-order valence-electron chi connectivity index (χ3n) is 3.88. The molecule has 0 saturated carbocycles. The van der Waals surface area contributed by atoms with Crippen molar-refractivity contribution in [3.63, 3.8) is 0 Å². The summed E-state index contributed by atoms with van der Waals surface area (Å²) in [4.78, 5) is 24.1. The number of hydrogen-bond donors (Lipinski definition) is 2. The van der Waals surface area contributed by atoms with E-state index >= 15 is 0 Å². The number of nitrogens with zero attached hydrogens (tertiary/aromatic N) is 3. The Morgan fingerprint density at radius 1 is 1.12 bits per heavy atom. The van der Waals surface area contributed by atoms with E-state index in [0.717, 1.165) is 11.3 Å². The van der Waals surface area contributed by atoms with Crippen molar-refractivity contribution in [2.45, 2.75) is 13.0 Å². The molecule has 3 rings (SSSR count). The Kier molecular flexibility index (Phi) is 4.65. The first-order chi connectivity index (χ1) is 12.0. The standard InChI is InChI=1S/C18H19N5O2/c1-13(14-6-8-15(9-7-14)23-12-4-10-19-23)20-18(25)21-16-5-3-11-22(2)17(16)24/h3-13H,1-2H3,(H2,20,21,25)/t13-/m1/s1. The molecule has 0 spiro atoms. The molecule has 0 fully saturated rings. The lowest BCUT2D eigenvalue weighted by Crippen LogP contribution is -2.33. The van der Waals surface area contributed by atoms with Crippen molar-refractivity contribution in [3.05, 3.63) is 77.0 Å². The number of aromatic nitrogens is 3. The second-order valence-corrected chi connectivity index (χ2v) is 5.70. The fraction of sp³-hybridized carbons (Fsp3) is 0.167. The molecule has 2 N–H and O–H groups in total. The van der Waals surface area contributed by atoms with Gasteiger partial charge in [-0.15, -0.1) is 0 Å². The second kappa shape index (κ2) is 7.04. The van der Waals surface area contributed by atoms with E-state index in [2.05, 4.69) is 15.7 Å². The number of anilines is 1.